The lowest BCUT2D eigenvalue weighted by Crippen LogP contribution is -2.32. The molecule has 0 aliphatic heterocycles. The molecule has 15 heavy (non-hydrogen) atoms. The quantitative estimate of drug-likeness (QED) is 0.698. The Balaban J connectivity index is 2.56. The van der Waals surface area contributed by atoms with Gasteiger partial charge in [-0.15, -0.1) is 0 Å². The third-order valence-electron chi connectivity index (χ3n) is 4.00. The van der Waals surface area contributed by atoms with Crippen molar-refractivity contribution in [2.24, 2.45) is 17.1 Å². The molecule has 0 bridgehead atoms. The molecule has 2 unspecified atom stereocenters. The van der Waals surface area contributed by atoms with Gasteiger partial charge in [0.15, 0.2) is 0 Å². The maximum atomic E-state index is 11.5. The number of amides is 1. The molecule has 0 aromatic rings. The molecule has 0 heterocycles. The number of primary amides is 1. The van der Waals surface area contributed by atoms with Gasteiger partial charge in [-0.05, 0) is 18.8 Å². The van der Waals surface area contributed by atoms with Crippen LogP contribution in [0.25, 0.3) is 0 Å². The topological polar surface area (TPSA) is 43.1 Å². The number of carbonyl (C=O) groups excluding carboxylic acids is 1. The molecule has 0 aromatic heterocycles. The van der Waals surface area contributed by atoms with Gasteiger partial charge in [-0.25, -0.2) is 0 Å². The minimum atomic E-state index is -0.288. The van der Waals surface area contributed by atoms with Crippen molar-refractivity contribution in [1.29, 1.82) is 0 Å². The Labute approximate surface area is 90.5 Å². The lowest BCUT2D eigenvalue weighted by Gasteiger charge is -2.32. The zero-order valence-corrected chi connectivity index (χ0v) is 9.29. The fourth-order valence-corrected chi connectivity index (χ4v) is 2.77. The van der Waals surface area contributed by atoms with E-state index in [1.807, 2.05) is 18.2 Å². The summed E-state index contributed by atoms with van der Waals surface area (Å²) in [7, 11) is 0. The molecule has 2 atom stereocenters. The summed E-state index contributed by atoms with van der Waals surface area (Å²) in [5.74, 6) is 0.200. The smallest absolute Gasteiger partial charge is 0.245 e. The Morgan fingerprint density at radius 1 is 1.47 bits per heavy atom. The lowest BCUT2D eigenvalue weighted by molar-refractivity contribution is -0.115. The van der Waals surface area contributed by atoms with Crippen molar-refractivity contribution >= 4 is 5.91 Å². The molecule has 80 valence electrons. The SMILES string of the molecule is CC1CCC2=CC=CC=C(C(N)=O)C21C. The number of allylic oxidation sites excluding steroid dienone is 5. The largest absolute Gasteiger partial charge is 0.366 e. The molecule has 2 aliphatic rings. The number of carbonyl (C=O) groups is 1. The van der Waals surface area contributed by atoms with Crippen LogP contribution in [0.4, 0.5) is 0 Å². The van der Waals surface area contributed by atoms with Crippen LogP contribution >= 0.6 is 0 Å². The zero-order chi connectivity index (χ0) is 11.1. The summed E-state index contributed by atoms with van der Waals surface area (Å²) in [5, 5.41) is 0. The summed E-state index contributed by atoms with van der Waals surface area (Å²) in [6, 6.07) is 0. The zero-order valence-electron chi connectivity index (χ0n) is 9.29. The van der Waals surface area contributed by atoms with Gasteiger partial charge in [0.1, 0.15) is 0 Å². The molecule has 1 fully saturated rings. The average Bonchev–Trinajstić information content (AvgIpc) is 2.37. The van der Waals surface area contributed by atoms with Gasteiger partial charge in [0.25, 0.3) is 0 Å². The Morgan fingerprint density at radius 2 is 2.13 bits per heavy atom. The molecule has 1 amide bonds. The second-order valence-electron chi connectivity index (χ2n) is 4.66. The first kappa shape index (κ1) is 10.2. The second-order valence-corrected chi connectivity index (χ2v) is 4.66. The molecule has 0 aromatic carbocycles. The van der Waals surface area contributed by atoms with Crippen LogP contribution in [0.1, 0.15) is 26.7 Å². The van der Waals surface area contributed by atoms with E-state index in [-0.39, 0.29) is 11.3 Å². The highest BCUT2D eigenvalue weighted by Gasteiger charge is 2.44. The minimum Gasteiger partial charge on any atom is -0.366 e. The first-order valence-electron chi connectivity index (χ1n) is 5.45. The van der Waals surface area contributed by atoms with Crippen LogP contribution in [0, 0.1) is 11.3 Å². The number of rotatable bonds is 1. The van der Waals surface area contributed by atoms with E-state index in [0.29, 0.717) is 5.92 Å². The fourth-order valence-electron chi connectivity index (χ4n) is 2.77. The van der Waals surface area contributed by atoms with Gasteiger partial charge in [-0.1, -0.05) is 43.7 Å². The van der Waals surface area contributed by atoms with Crippen LogP contribution in [0.2, 0.25) is 0 Å². The highest BCUT2D eigenvalue weighted by Crippen LogP contribution is 2.52. The standard InChI is InChI=1S/C13H17NO/c1-9-7-8-10-5-3-4-6-11(12(14)15)13(9,10)2/h3-6,9H,7-8H2,1-2H3,(H2,14,15). The van der Waals surface area contributed by atoms with Crippen molar-refractivity contribution in [3.8, 4) is 0 Å². The maximum Gasteiger partial charge on any atom is 0.245 e. The Morgan fingerprint density at radius 3 is 2.80 bits per heavy atom. The van der Waals surface area contributed by atoms with Crippen LogP contribution in [-0.4, -0.2) is 5.91 Å². The maximum absolute atomic E-state index is 11.5. The van der Waals surface area contributed by atoms with Crippen molar-refractivity contribution in [3.63, 3.8) is 0 Å². The third kappa shape index (κ3) is 1.36. The summed E-state index contributed by atoms with van der Waals surface area (Å²) in [6.07, 6.45) is 10.1. The van der Waals surface area contributed by atoms with Crippen LogP contribution < -0.4 is 5.73 Å². The Bertz CT molecular complexity index is 389. The van der Waals surface area contributed by atoms with E-state index in [1.165, 1.54) is 5.57 Å². The van der Waals surface area contributed by atoms with Crippen molar-refractivity contribution in [3.05, 3.63) is 35.5 Å². The molecular formula is C13H17NO. The molecular weight excluding hydrogens is 186 g/mol. The normalized spacial score (nSPS) is 34.1. The molecule has 0 radical (unpaired) electrons. The van der Waals surface area contributed by atoms with Crippen LogP contribution in [0.15, 0.2) is 35.5 Å². The summed E-state index contributed by atoms with van der Waals surface area (Å²) in [4.78, 5) is 11.5. The van der Waals surface area contributed by atoms with Gasteiger partial charge in [-0.2, -0.15) is 0 Å². The summed E-state index contributed by atoms with van der Waals surface area (Å²) in [5.41, 5.74) is 7.43. The fraction of sp³-hybridized carbons (Fsp3) is 0.462. The molecule has 2 nitrogen and oxygen atoms in total. The van der Waals surface area contributed by atoms with E-state index >= 15 is 0 Å². The van der Waals surface area contributed by atoms with E-state index in [9.17, 15) is 4.79 Å². The molecule has 1 saturated carbocycles. The highest BCUT2D eigenvalue weighted by molar-refractivity contribution is 5.94. The van der Waals surface area contributed by atoms with Gasteiger partial charge < -0.3 is 5.73 Å². The van der Waals surface area contributed by atoms with Crippen molar-refractivity contribution in [2.45, 2.75) is 26.7 Å². The predicted molar refractivity (Wildman–Crippen MR) is 61.0 cm³/mol. The average molecular weight is 203 g/mol. The number of hydrogen-bond acceptors (Lipinski definition) is 1. The van der Waals surface area contributed by atoms with Crippen molar-refractivity contribution in [2.75, 3.05) is 0 Å². The van der Waals surface area contributed by atoms with E-state index in [4.69, 9.17) is 5.73 Å². The van der Waals surface area contributed by atoms with Crippen LogP contribution in [-0.2, 0) is 4.79 Å². The predicted octanol–water partition coefficient (Wildman–Crippen LogP) is 2.33. The van der Waals surface area contributed by atoms with E-state index in [1.54, 1.807) is 0 Å². The van der Waals surface area contributed by atoms with E-state index in [0.717, 1.165) is 18.4 Å². The van der Waals surface area contributed by atoms with Crippen LogP contribution in [0.5, 0.6) is 0 Å². The van der Waals surface area contributed by atoms with Crippen LogP contribution in [0.3, 0.4) is 0 Å². The Kier molecular flexibility index (Phi) is 2.29. The minimum absolute atomic E-state index is 0.144. The monoisotopic (exact) mass is 203 g/mol. The summed E-state index contributed by atoms with van der Waals surface area (Å²) >= 11 is 0. The highest BCUT2D eigenvalue weighted by atomic mass is 16.1. The number of fused-ring (bicyclic) bond motifs is 1. The number of hydrogen-bond donors (Lipinski definition) is 1. The summed E-state index contributed by atoms with van der Waals surface area (Å²) in [6.45, 7) is 4.34. The summed E-state index contributed by atoms with van der Waals surface area (Å²) < 4.78 is 0. The molecule has 2 rings (SSSR count). The van der Waals surface area contributed by atoms with Gasteiger partial charge in [-0.3, -0.25) is 4.79 Å². The third-order valence-corrected chi connectivity index (χ3v) is 4.00. The molecule has 2 heteroatoms. The van der Waals surface area contributed by atoms with E-state index < -0.39 is 0 Å². The molecule has 0 spiro atoms. The van der Waals surface area contributed by atoms with Gasteiger partial charge >= 0.3 is 0 Å². The van der Waals surface area contributed by atoms with Gasteiger partial charge in [0.05, 0.1) is 0 Å². The first-order valence-corrected chi connectivity index (χ1v) is 5.45. The Hall–Kier alpha value is -1.31. The lowest BCUT2D eigenvalue weighted by atomic mass is 9.71. The van der Waals surface area contributed by atoms with Gasteiger partial charge in [0.2, 0.25) is 5.91 Å². The van der Waals surface area contributed by atoms with Crippen molar-refractivity contribution < 1.29 is 4.79 Å². The molecule has 2 aliphatic carbocycles. The second kappa shape index (κ2) is 3.37. The number of nitrogens with two attached hydrogens (primary N) is 1. The first-order chi connectivity index (χ1) is 7.06. The molecule has 2 N–H and O–H groups in total. The van der Waals surface area contributed by atoms with Crippen molar-refractivity contribution in [1.82, 2.24) is 0 Å². The van der Waals surface area contributed by atoms with Gasteiger partial charge in [0, 0.05) is 11.0 Å². The van der Waals surface area contributed by atoms with E-state index in [2.05, 4.69) is 19.9 Å². The molecule has 0 saturated heterocycles.